The van der Waals surface area contributed by atoms with Crippen molar-refractivity contribution in [2.24, 2.45) is 0 Å². The van der Waals surface area contributed by atoms with E-state index in [2.05, 4.69) is 15.5 Å². The molecule has 0 fully saturated rings. The minimum Gasteiger partial charge on any atom is -0.345 e. The molecule has 0 aliphatic carbocycles. The summed E-state index contributed by atoms with van der Waals surface area (Å²) in [7, 11) is -2.41. The van der Waals surface area contributed by atoms with Gasteiger partial charge in [0.05, 0.1) is 22.7 Å². The zero-order valence-corrected chi connectivity index (χ0v) is 18.5. The van der Waals surface area contributed by atoms with E-state index in [-0.39, 0.29) is 28.5 Å². The van der Waals surface area contributed by atoms with Crippen LogP contribution >= 0.6 is 0 Å². The summed E-state index contributed by atoms with van der Waals surface area (Å²) in [6.07, 6.45) is -3.67. The molecule has 0 aliphatic rings. The Balaban J connectivity index is 1.48. The Morgan fingerprint density at radius 2 is 1.68 bits per heavy atom. The van der Waals surface area contributed by atoms with Gasteiger partial charge in [0, 0.05) is 18.8 Å². The summed E-state index contributed by atoms with van der Waals surface area (Å²) in [5.41, 5.74) is -0.0105. The van der Waals surface area contributed by atoms with Gasteiger partial charge in [-0.15, -0.1) is 10.2 Å². The Morgan fingerprint density at radius 3 is 2.32 bits per heavy atom. The van der Waals surface area contributed by atoms with E-state index in [0.29, 0.717) is 5.69 Å². The zero-order valence-electron chi connectivity index (χ0n) is 17.7. The highest BCUT2D eigenvalue weighted by Gasteiger charge is 2.31. The van der Waals surface area contributed by atoms with E-state index in [1.807, 2.05) is 0 Å². The Labute approximate surface area is 192 Å². The molecular formula is C22H18F3N5O3S. The predicted octanol–water partition coefficient (Wildman–Crippen LogP) is 3.50. The molecule has 8 nitrogen and oxygen atoms in total. The number of fused-ring (bicyclic) bond motifs is 1. The Kier molecular flexibility index (Phi) is 6.00. The highest BCUT2D eigenvalue weighted by Crippen LogP contribution is 2.29. The summed E-state index contributed by atoms with van der Waals surface area (Å²) >= 11 is 0. The molecular weight excluding hydrogens is 471 g/mol. The van der Waals surface area contributed by atoms with Gasteiger partial charge in [0.25, 0.3) is 15.9 Å². The third kappa shape index (κ3) is 4.57. The van der Waals surface area contributed by atoms with Gasteiger partial charge in [-0.25, -0.2) is 8.42 Å². The first-order chi connectivity index (χ1) is 16.1. The number of carbonyl (C=O) groups excluding carboxylic acids is 1. The van der Waals surface area contributed by atoms with Gasteiger partial charge < -0.3 is 5.32 Å². The number of hydrogen-bond donors (Lipinski definition) is 1. The van der Waals surface area contributed by atoms with Gasteiger partial charge in [-0.3, -0.25) is 13.5 Å². The Morgan fingerprint density at radius 1 is 1.00 bits per heavy atom. The summed E-state index contributed by atoms with van der Waals surface area (Å²) in [4.78, 5) is 12.5. The molecule has 176 valence electrons. The number of para-hydroxylation sites is 1. The van der Waals surface area contributed by atoms with Crippen LogP contribution < -0.4 is 9.62 Å². The van der Waals surface area contributed by atoms with Crippen molar-refractivity contribution in [2.75, 3.05) is 11.4 Å². The van der Waals surface area contributed by atoms with Crippen LogP contribution in [0.5, 0.6) is 0 Å². The monoisotopic (exact) mass is 489 g/mol. The van der Waals surface area contributed by atoms with Crippen LogP contribution in [0.15, 0.2) is 77.8 Å². The van der Waals surface area contributed by atoms with Crippen LogP contribution in [0.25, 0.3) is 5.65 Å². The average Bonchev–Trinajstić information content (AvgIpc) is 3.24. The number of nitrogens with zero attached hydrogens (tertiary/aromatic N) is 4. The lowest BCUT2D eigenvalue weighted by Crippen LogP contribution is -2.27. The fraction of sp³-hybridized carbons (Fsp3) is 0.136. The maximum atomic E-state index is 13.0. The second kappa shape index (κ2) is 8.78. The van der Waals surface area contributed by atoms with Crippen molar-refractivity contribution >= 4 is 27.3 Å². The zero-order chi connectivity index (χ0) is 24.5. The van der Waals surface area contributed by atoms with Gasteiger partial charge in [0.15, 0.2) is 11.5 Å². The lowest BCUT2D eigenvalue weighted by molar-refractivity contribution is -0.137. The quantitative estimate of drug-likeness (QED) is 0.447. The molecule has 2 aromatic heterocycles. The summed E-state index contributed by atoms with van der Waals surface area (Å²) in [5.74, 6) is -0.442. The number of rotatable bonds is 6. The molecule has 0 spiro atoms. The summed E-state index contributed by atoms with van der Waals surface area (Å²) < 4.78 is 66.9. The number of hydrogen-bond acceptors (Lipinski definition) is 5. The van der Waals surface area contributed by atoms with E-state index in [0.717, 1.165) is 21.0 Å². The number of amides is 1. The average molecular weight is 489 g/mol. The van der Waals surface area contributed by atoms with Crippen LogP contribution in [0, 0.1) is 0 Å². The second-order valence-electron chi connectivity index (χ2n) is 7.28. The summed E-state index contributed by atoms with van der Waals surface area (Å²) in [5, 5.41) is 10.2. The van der Waals surface area contributed by atoms with Crippen molar-refractivity contribution in [1.82, 2.24) is 19.9 Å². The fourth-order valence-corrected chi connectivity index (χ4v) is 4.40. The molecule has 0 radical (unpaired) electrons. The molecule has 34 heavy (non-hydrogen) atoms. The molecule has 12 heteroatoms. The normalized spacial score (nSPS) is 12.0. The molecule has 0 bridgehead atoms. The fourth-order valence-electron chi connectivity index (χ4n) is 3.20. The number of halogens is 3. The standard InChI is InChI=1S/C22H18F3N5O3S/c1-29(17-5-3-2-4-6-17)34(32,33)18-10-7-15(8-11-18)21(31)26-13-20-28-27-19-12-9-16(14-30(19)20)22(23,24)25/h2-12,14H,13H2,1H3,(H,26,31). The summed E-state index contributed by atoms with van der Waals surface area (Å²) in [6, 6.07) is 15.9. The van der Waals surface area contributed by atoms with Crippen molar-refractivity contribution in [3.63, 3.8) is 0 Å². The summed E-state index contributed by atoms with van der Waals surface area (Å²) in [6.45, 7) is -0.182. The third-order valence-corrected chi connectivity index (χ3v) is 6.90. The van der Waals surface area contributed by atoms with Gasteiger partial charge in [0.1, 0.15) is 0 Å². The van der Waals surface area contributed by atoms with Crippen LogP contribution in [0.4, 0.5) is 18.9 Å². The van der Waals surface area contributed by atoms with Crippen molar-refractivity contribution in [1.29, 1.82) is 0 Å². The van der Waals surface area contributed by atoms with Crippen molar-refractivity contribution in [3.8, 4) is 0 Å². The first kappa shape index (κ1) is 23.2. The number of benzene rings is 2. The number of sulfonamides is 1. The second-order valence-corrected chi connectivity index (χ2v) is 9.24. The van der Waals surface area contributed by atoms with E-state index < -0.39 is 27.7 Å². The smallest absolute Gasteiger partial charge is 0.345 e. The van der Waals surface area contributed by atoms with Gasteiger partial charge in [-0.05, 0) is 48.5 Å². The molecule has 2 heterocycles. The predicted molar refractivity (Wildman–Crippen MR) is 118 cm³/mol. The largest absolute Gasteiger partial charge is 0.417 e. The van der Waals surface area contributed by atoms with Crippen LogP contribution in [0.3, 0.4) is 0 Å². The van der Waals surface area contributed by atoms with E-state index in [1.54, 1.807) is 30.3 Å². The van der Waals surface area contributed by atoms with Gasteiger partial charge in [0.2, 0.25) is 0 Å². The van der Waals surface area contributed by atoms with E-state index >= 15 is 0 Å². The SMILES string of the molecule is CN(c1ccccc1)S(=O)(=O)c1ccc(C(=O)NCc2nnc3ccc(C(F)(F)F)cn23)cc1. The van der Waals surface area contributed by atoms with Crippen molar-refractivity contribution in [3.05, 3.63) is 89.9 Å². The lowest BCUT2D eigenvalue weighted by atomic mass is 10.2. The molecule has 4 rings (SSSR count). The van der Waals surface area contributed by atoms with Gasteiger partial charge in [-0.2, -0.15) is 13.2 Å². The third-order valence-electron chi connectivity index (χ3n) is 5.10. The topological polar surface area (TPSA) is 96.7 Å². The number of carbonyl (C=O) groups is 1. The Bertz CT molecular complexity index is 1440. The van der Waals surface area contributed by atoms with E-state index in [4.69, 9.17) is 0 Å². The van der Waals surface area contributed by atoms with Crippen LogP contribution in [-0.2, 0) is 22.7 Å². The minimum absolute atomic E-state index is 0.00136. The van der Waals surface area contributed by atoms with E-state index in [1.165, 1.54) is 37.4 Å². The molecule has 0 saturated carbocycles. The number of anilines is 1. The molecule has 1 N–H and O–H groups in total. The number of pyridine rings is 1. The first-order valence-corrected chi connectivity index (χ1v) is 11.3. The highest BCUT2D eigenvalue weighted by atomic mass is 32.2. The maximum Gasteiger partial charge on any atom is 0.417 e. The minimum atomic E-state index is -4.53. The van der Waals surface area contributed by atoms with Crippen LogP contribution in [0.1, 0.15) is 21.7 Å². The van der Waals surface area contributed by atoms with Crippen molar-refractivity contribution < 1.29 is 26.4 Å². The maximum absolute atomic E-state index is 13.0. The molecule has 0 saturated heterocycles. The molecule has 1 amide bonds. The first-order valence-electron chi connectivity index (χ1n) is 9.90. The number of alkyl halides is 3. The number of aromatic nitrogens is 3. The highest BCUT2D eigenvalue weighted by molar-refractivity contribution is 7.92. The van der Waals surface area contributed by atoms with E-state index in [9.17, 15) is 26.4 Å². The molecule has 0 atom stereocenters. The van der Waals surface area contributed by atoms with Gasteiger partial charge >= 0.3 is 6.18 Å². The lowest BCUT2D eigenvalue weighted by Gasteiger charge is -2.19. The van der Waals surface area contributed by atoms with Crippen LogP contribution in [0.2, 0.25) is 0 Å². The molecule has 4 aromatic rings. The van der Waals surface area contributed by atoms with Crippen LogP contribution in [-0.4, -0.2) is 36.0 Å². The van der Waals surface area contributed by atoms with Crippen molar-refractivity contribution in [2.45, 2.75) is 17.6 Å². The molecule has 0 unspecified atom stereocenters. The van der Waals surface area contributed by atoms with Gasteiger partial charge in [-0.1, -0.05) is 18.2 Å². The molecule has 0 aliphatic heterocycles. The molecule has 2 aromatic carbocycles. The number of nitrogens with one attached hydrogen (secondary N) is 1. The Hall–Kier alpha value is -3.93.